The van der Waals surface area contributed by atoms with Crippen LogP contribution in [0.25, 0.3) is 0 Å². The number of hydrogen-bond donors (Lipinski definition) is 1. The topological polar surface area (TPSA) is 24.5 Å². The number of likely N-dealkylation sites (tertiary alicyclic amines) is 1. The molecular formula is C18H30N2O. The van der Waals surface area contributed by atoms with Crippen molar-refractivity contribution in [3.8, 4) is 5.75 Å². The lowest BCUT2D eigenvalue weighted by Crippen LogP contribution is -2.40. The van der Waals surface area contributed by atoms with E-state index in [0.717, 1.165) is 31.9 Å². The Hall–Kier alpha value is -1.06. The van der Waals surface area contributed by atoms with Gasteiger partial charge in [0.25, 0.3) is 0 Å². The summed E-state index contributed by atoms with van der Waals surface area (Å²) in [6, 6.07) is 9.26. The zero-order valence-corrected chi connectivity index (χ0v) is 13.8. The molecule has 1 aliphatic heterocycles. The second-order valence-corrected chi connectivity index (χ2v) is 6.05. The molecule has 0 bridgehead atoms. The van der Waals surface area contributed by atoms with Gasteiger partial charge in [-0.25, -0.2) is 0 Å². The van der Waals surface area contributed by atoms with Crippen LogP contribution in [0.3, 0.4) is 0 Å². The minimum absolute atomic E-state index is 0.526. The summed E-state index contributed by atoms with van der Waals surface area (Å²) in [5, 5.41) is 3.53. The molecule has 3 nitrogen and oxygen atoms in total. The van der Waals surface area contributed by atoms with Gasteiger partial charge in [0.05, 0.1) is 6.61 Å². The molecule has 1 heterocycles. The van der Waals surface area contributed by atoms with Gasteiger partial charge in [0, 0.05) is 6.04 Å². The number of nitrogens with one attached hydrogen (secondary N) is 1. The van der Waals surface area contributed by atoms with Crippen LogP contribution >= 0.6 is 0 Å². The summed E-state index contributed by atoms with van der Waals surface area (Å²) in [7, 11) is 2.25. The van der Waals surface area contributed by atoms with Gasteiger partial charge in [-0.3, -0.25) is 4.90 Å². The number of hydrogen-bond acceptors (Lipinski definition) is 3. The van der Waals surface area contributed by atoms with Crippen molar-refractivity contribution in [1.82, 2.24) is 10.2 Å². The maximum atomic E-state index is 5.69. The standard InChI is InChI=1S/C18H30N2O/c1-4-13-21-17-10-8-15(9-11-17)18-16(14-19-5-2)7-6-12-20(18)3/h8-11,16,18-19H,4-7,12-14H2,1-3H3. The first-order valence-corrected chi connectivity index (χ1v) is 8.40. The van der Waals surface area contributed by atoms with E-state index in [-0.39, 0.29) is 0 Å². The molecule has 1 aromatic carbocycles. The molecule has 2 unspecified atom stereocenters. The number of nitrogens with zero attached hydrogens (tertiary/aromatic N) is 1. The molecule has 118 valence electrons. The first kappa shape index (κ1) is 16.3. The molecule has 1 aliphatic rings. The first-order valence-electron chi connectivity index (χ1n) is 8.40. The second kappa shape index (κ2) is 8.40. The van der Waals surface area contributed by atoms with Crippen molar-refractivity contribution in [3.63, 3.8) is 0 Å². The third-order valence-corrected chi connectivity index (χ3v) is 4.36. The lowest BCUT2D eigenvalue weighted by Gasteiger charge is -2.39. The highest BCUT2D eigenvalue weighted by Crippen LogP contribution is 2.35. The Kier molecular flexibility index (Phi) is 6.52. The van der Waals surface area contributed by atoms with Gasteiger partial charge in [-0.05, 0) is 69.6 Å². The summed E-state index contributed by atoms with van der Waals surface area (Å²) < 4.78 is 5.69. The second-order valence-electron chi connectivity index (χ2n) is 6.05. The number of ether oxygens (including phenoxy) is 1. The van der Waals surface area contributed by atoms with E-state index in [1.165, 1.54) is 24.9 Å². The van der Waals surface area contributed by atoms with Gasteiger partial charge in [0.2, 0.25) is 0 Å². The van der Waals surface area contributed by atoms with E-state index in [1.54, 1.807) is 0 Å². The highest BCUT2D eigenvalue weighted by molar-refractivity contribution is 5.30. The average molecular weight is 290 g/mol. The van der Waals surface area contributed by atoms with Crippen LogP contribution in [0.15, 0.2) is 24.3 Å². The van der Waals surface area contributed by atoms with Gasteiger partial charge in [0.15, 0.2) is 0 Å². The minimum atomic E-state index is 0.526. The number of benzene rings is 1. The van der Waals surface area contributed by atoms with Gasteiger partial charge in [-0.2, -0.15) is 0 Å². The molecule has 0 saturated carbocycles. The highest BCUT2D eigenvalue weighted by Gasteiger charge is 2.29. The van der Waals surface area contributed by atoms with Gasteiger partial charge in [-0.15, -0.1) is 0 Å². The number of rotatable bonds is 7. The molecule has 1 N–H and O–H groups in total. The lowest BCUT2D eigenvalue weighted by atomic mass is 9.85. The zero-order chi connectivity index (χ0) is 15.1. The van der Waals surface area contributed by atoms with E-state index in [4.69, 9.17) is 4.74 Å². The Bertz CT molecular complexity index is 404. The quantitative estimate of drug-likeness (QED) is 0.832. The van der Waals surface area contributed by atoms with Crippen molar-refractivity contribution in [2.45, 2.75) is 39.2 Å². The van der Waals surface area contributed by atoms with Crippen molar-refractivity contribution < 1.29 is 4.74 Å². The summed E-state index contributed by atoms with van der Waals surface area (Å²) in [5.41, 5.74) is 1.42. The smallest absolute Gasteiger partial charge is 0.119 e. The third-order valence-electron chi connectivity index (χ3n) is 4.36. The van der Waals surface area contributed by atoms with Crippen LogP contribution in [-0.2, 0) is 0 Å². The molecule has 0 aliphatic carbocycles. The van der Waals surface area contributed by atoms with E-state index in [2.05, 4.69) is 55.4 Å². The van der Waals surface area contributed by atoms with E-state index in [9.17, 15) is 0 Å². The van der Waals surface area contributed by atoms with Gasteiger partial charge in [-0.1, -0.05) is 26.0 Å². The predicted molar refractivity (Wildman–Crippen MR) is 88.9 cm³/mol. The Balaban J connectivity index is 2.07. The van der Waals surface area contributed by atoms with E-state index < -0.39 is 0 Å². The van der Waals surface area contributed by atoms with Crippen LogP contribution < -0.4 is 10.1 Å². The van der Waals surface area contributed by atoms with Crippen LogP contribution in [-0.4, -0.2) is 38.2 Å². The summed E-state index contributed by atoms with van der Waals surface area (Å²) in [6.07, 6.45) is 3.68. The maximum Gasteiger partial charge on any atom is 0.119 e. The largest absolute Gasteiger partial charge is 0.494 e. The van der Waals surface area contributed by atoms with Crippen molar-refractivity contribution >= 4 is 0 Å². The molecule has 3 heteroatoms. The normalized spacial score (nSPS) is 23.2. The summed E-state index contributed by atoms with van der Waals surface area (Å²) in [5.74, 6) is 1.69. The molecule has 1 saturated heterocycles. The van der Waals surface area contributed by atoms with Crippen molar-refractivity contribution in [2.75, 3.05) is 33.3 Å². The first-order chi connectivity index (χ1) is 10.3. The van der Waals surface area contributed by atoms with Crippen molar-refractivity contribution in [1.29, 1.82) is 0 Å². The molecule has 21 heavy (non-hydrogen) atoms. The molecule has 2 rings (SSSR count). The molecule has 0 aromatic heterocycles. The molecule has 0 radical (unpaired) electrons. The molecular weight excluding hydrogens is 260 g/mol. The molecule has 1 aromatic rings. The zero-order valence-electron chi connectivity index (χ0n) is 13.8. The fraction of sp³-hybridized carbons (Fsp3) is 0.667. The fourth-order valence-corrected chi connectivity index (χ4v) is 3.31. The van der Waals surface area contributed by atoms with Crippen LogP contribution in [0.4, 0.5) is 0 Å². The van der Waals surface area contributed by atoms with Crippen LogP contribution in [0.5, 0.6) is 5.75 Å². The summed E-state index contributed by atoms with van der Waals surface area (Å²) in [6.45, 7) is 8.47. The summed E-state index contributed by atoms with van der Waals surface area (Å²) in [4.78, 5) is 2.51. The average Bonchev–Trinajstić information content (AvgIpc) is 2.51. The van der Waals surface area contributed by atoms with Gasteiger partial charge in [0.1, 0.15) is 5.75 Å². The van der Waals surface area contributed by atoms with Gasteiger partial charge >= 0.3 is 0 Å². The molecule has 2 atom stereocenters. The third kappa shape index (κ3) is 4.45. The van der Waals surface area contributed by atoms with Crippen LogP contribution in [0.2, 0.25) is 0 Å². The monoisotopic (exact) mass is 290 g/mol. The van der Waals surface area contributed by atoms with Crippen LogP contribution in [0.1, 0.15) is 44.7 Å². The Labute approximate surface area is 129 Å². The Morgan fingerprint density at radius 3 is 2.67 bits per heavy atom. The maximum absolute atomic E-state index is 5.69. The number of piperidine rings is 1. The molecule has 0 amide bonds. The van der Waals surface area contributed by atoms with E-state index >= 15 is 0 Å². The Morgan fingerprint density at radius 2 is 2.00 bits per heavy atom. The van der Waals surface area contributed by atoms with Crippen molar-refractivity contribution in [3.05, 3.63) is 29.8 Å². The van der Waals surface area contributed by atoms with Gasteiger partial charge < -0.3 is 10.1 Å². The molecule has 1 fully saturated rings. The predicted octanol–water partition coefficient (Wildman–Crippen LogP) is 3.47. The van der Waals surface area contributed by atoms with Crippen LogP contribution in [0, 0.1) is 5.92 Å². The minimum Gasteiger partial charge on any atom is -0.494 e. The SMILES string of the molecule is CCCOc1ccc(C2C(CNCC)CCCN2C)cc1. The lowest BCUT2D eigenvalue weighted by molar-refractivity contribution is 0.120. The molecule has 0 spiro atoms. The fourth-order valence-electron chi connectivity index (χ4n) is 3.31. The van der Waals surface area contributed by atoms with Crippen molar-refractivity contribution in [2.24, 2.45) is 5.92 Å². The van der Waals surface area contributed by atoms with E-state index in [1.807, 2.05) is 0 Å². The summed E-state index contributed by atoms with van der Waals surface area (Å²) >= 11 is 0. The highest BCUT2D eigenvalue weighted by atomic mass is 16.5. The Morgan fingerprint density at radius 1 is 1.24 bits per heavy atom. The van der Waals surface area contributed by atoms with E-state index in [0.29, 0.717) is 12.0 Å².